The van der Waals surface area contributed by atoms with E-state index in [4.69, 9.17) is 14.2 Å². The molecule has 182 valence electrons. The van der Waals surface area contributed by atoms with Gasteiger partial charge in [-0.15, -0.1) is 0 Å². The topological polar surface area (TPSA) is 152 Å². The molecule has 1 aromatic rings. The summed E-state index contributed by atoms with van der Waals surface area (Å²) >= 11 is 0. The second kappa shape index (κ2) is 11.1. The molecule has 0 amide bonds. The molecule has 0 bridgehead atoms. The maximum Gasteiger partial charge on any atom is 0.330 e. The van der Waals surface area contributed by atoms with E-state index < -0.39 is 47.6 Å². The smallest absolute Gasteiger partial charge is 0.330 e. The number of methoxy groups -OCH3 is 1. The normalized spacial score (nSPS) is 20.7. The third-order valence-electron chi connectivity index (χ3n) is 5.56. The Hall–Kier alpha value is -2.12. The first-order valence-corrected chi connectivity index (χ1v) is 10.5. The highest BCUT2D eigenvalue weighted by Crippen LogP contribution is 2.29. The average molecular weight is 461 g/mol. The average Bonchev–Trinajstić information content (AvgIpc) is 2.76. The van der Waals surface area contributed by atoms with E-state index in [1.54, 1.807) is 6.92 Å². The zero-order valence-corrected chi connectivity index (χ0v) is 18.5. The van der Waals surface area contributed by atoms with Gasteiger partial charge in [0.15, 0.2) is 11.8 Å². The summed E-state index contributed by atoms with van der Waals surface area (Å²) in [5, 5.41) is 23.8. The van der Waals surface area contributed by atoms with E-state index in [9.17, 15) is 24.6 Å². The Morgan fingerprint density at radius 1 is 1.38 bits per heavy atom. The van der Waals surface area contributed by atoms with Crippen LogP contribution < -0.4 is 16.6 Å². The van der Waals surface area contributed by atoms with E-state index in [2.05, 4.69) is 5.32 Å². The number of halogens is 1. The number of hydrogen-bond acceptors (Lipinski definition) is 9. The zero-order chi connectivity index (χ0) is 23.9. The van der Waals surface area contributed by atoms with Crippen LogP contribution in [0, 0.1) is 0 Å². The molecule has 4 N–H and O–H groups in total. The molecule has 1 saturated carbocycles. The van der Waals surface area contributed by atoms with Crippen LogP contribution in [0.15, 0.2) is 21.9 Å². The zero-order valence-electron chi connectivity index (χ0n) is 18.5. The Morgan fingerprint density at radius 3 is 2.62 bits per heavy atom. The minimum Gasteiger partial charge on any atom is -0.461 e. The number of rotatable bonds is 11. The Labute approximate surface area is 184 Å². The van der Waals surface area contributed by atoms with E-state index >= 15 is 4.39 Å². The summed E-state index contributed by atoms with van der Waals surface area (Å²) in [6.07, 6.45) is 3.40. The van der Waals surface area contributed by atoms with Crippen molar-refractivity contribution in [3.63, 3.8) is 0 Å². The van der Waals surface area contributed by atoms with E-state index in [0.717, 1.165) is 58.4 Å². The Kier molecular flexibility index (Phi) is 9.10. The predicted octanol–water partition coefficient (Wildman–Crippen LogP) is -0.297. The van der Waals surface area contributed by atoms with Crippen molar-refractivity contribution < 1.29 is 33.6 Å². The summed E-state index contributed by atoms with van der Waals surface area (Å²) in [4.78, 5) is 37.2. The monoisotopic (exact) mass is 461 g/mol. The lowest BCUT2D eigenvalue weighted by molar-refractivity contribution is -0.280. The molecule has 0 aromatic carbocycles. The quantitative estimate of drug-likeness (QED) is 0.198. The first-order valence-electron chi connectivity index (χ1n) is 10.5. The van der Waals surface area contributed by atoms with Crippen molar-refractivity contribution in [2.75, 3.05) is 20.4 Å². The number of aliphatic hydroxyl groups is 2. The second-order valence-electron chi connectivity index (χ2n) is 8.08. The minimum absolute atomic E-state index is 0.0953. The Balaban J connectivity index is 1.91. The van der Waals surface area contributed by atoms with Crippen molar-refractivity contribution in [2.45, 2.75) is 75.8 Å². The number of H-pyrrole nitrogens is 1. The van der Waals surface area contributed by atoms with Crippen LogP contribution in [0.5, 0.6) is 0 Å². The number of aliphatic hydroxyl groups excluding tert-OH is 1. The van der Waals surface area contributed by atoms with Gasteiger partial charge in [-0.3, -0.25) is 24.5 Å². The Morgan fingerprint density at radius 2 is 2.03 bits per heavy atom. The standard InChI is InChI=1S/C20H32FN3O8/c1-13(16(26)32-14-7-5-4-6-8-14)22-12-31-11-20(21,30-3)17(27)19(2,29)24-10-9-15(25)23-18(24)28/h9-10,13-14,17,22,27,29H,4-8,11-12H2,1-3H3,(H,23,25,28)/t13?,17-,19+,20+/m0/s1. The van der Waals surface area contributed by atoms with E-state index in [-0.39, 0.29) is 12.8 Å². The van der Waals surface area contributed by atoms with Gasteiger partial charge in [0.05, 0.1) is 6.73 Å². The lowest BCUT2D eigenvalue weighted by atomic mass is 9.98. The number of esters is 1. The fraction of sp³-hybridized carbons (Fsp3) is 0.750. The number of aromatic amines is 1. The molecule has 1 aliphatic carbocycles. The summed E-state index contributed by atoms with van der Waals surface area (Å²) in [6, 6.07) is 0.227. The first-order chi connectivity index (χ1) is 15.0. The largest absolute Gasteiger partial charge is 0.461 e. The molecule has 4 atom stereocenters. The molecule has 1 fully saturated rings. The van der Waals surface area contributed by atoms with Gasteiger partial charge >= 0.3 is 11.7 Å². The summed E-state index contributed by atoms with van der Waals surface area (Å²) in [7, 11) is 0.954. The Bertz CT molecular complexity index is 867. The fourth-order valence-corrected chi connectivity index (χ4v) is 3.47. The molecule has 0 spiro atoms. The number of ether oxygens (including phenoxy) is 3. The molecule has 2 rings (SSSR count). The van der Waals surface area contributed by atoms with Gasteiger partial charge in [0.1, 0.15) is 18.8 Å². The first kappa shape index (κ1) is 26.1. The van der Waals surface area contributed by atoms with Crippen molar-refractivity contribution >= 4 is 5.97 Å². The second-order valence-corrected chi connectivity index (χ2v) is 8.08. The van der Waals surface area contributed by atoms with Crippen LogP contribution in [0.4, 0.5) is 4.39 Å². The van der Waals surface area contributed by atoms with Gasteiger partial charge in [0, 0.05) is 19.4 Å². The molecule has 1 aliphatic rings. The van der Waals surface area contributed by atoms with Crippen LogP contribution in [0.2, 0.25) is 0 Å². The van der Waals surface area contributed by atoms with Crippen molar-refractivity contribution in [3.8, 4) is 0 Å². The highest BCUT2D eigenvalue weighted by molar-refractivity contribution is 5.75. The van der Waals surface area contributed by atoms with Crippen molar-refractivity contribution in [3.05, 3.63) is 33.1 Å². The van der Waals surface area contributed by atoms with Crippen molar-refractivity contribution in [1.29, 1.82) is 0 Å². The number of alkyl halides is 1. The number of carbonyl (C=O) groups is 1. The van der Waals surface area contributed by atoms with Crippen LogP contribution in [-0.4, -0.2) is 70.3 Å². The lowest BCUT2D eigenvalue weighted by Crippen LogP contribution is -2.59. The van der Waals surface area contributed by atoms with Gasteiger partial charge in [-0.1, -0.05) is 6.42 Å². The van der Waals surface area contributed by atoms with Crippen LogP contribution in [0.1, 0.15) is 46.0 Å². The van der Waals surface area contributed by atoms with E-state index in [0.29, 0.717) is 4.57 Å². The molecule has 0 saturated heterocycles. The van der Waals surface area contributed by atoms with Crippen LogP contribution in [0.25, 0.3) is 0 Å². The van der Waals surface area contributed by atoms with Crippen LogP contribution >= 0.6 is 0 Å². The molecule has 1 heterocycles. The molecular weight excluding hydrogens is 429 g/mol. The third kappa shape index (κ3) is 6.45. The predicted molar refractivity (Wildman–Crippen MR) is 110 cm³/mol. The number of nitrogens with zero attached hydrogens (tertiary/aromatic N) is 1. The van der Waals surface area contributed by atoms with Gasteiger partial charge < -0.3 is 24.4 Å². The maximum absolute atomic E-state index is 15.2. The summed E-state index contributed by atoms with van der Waals surface area (Å²) in [5.74, 6) is -3.37. The van der Waals surface area contributed by atoms with Gasteiger partial charge in [-0.2, -0.15) is 0 Å². The number of aromatic nitrogens is 2. The summed E-state index contributed by atoms with van der Waals surface area (Å²) in [5.41, 5.74) is -4.26. The van der Waals surface area contributed by atoms with Gasteiger partial charge in [-0.25, -0.2) is 9.18 Å². The maximum atomic E-state index is 15.2. The minimum atomic E-state index is -2.92. The molecule has 32 heavy (non-hydrogen) atoms. The van der Waals surface area contributed by atoms with Crippen LogP contribution in [-0.2, 0) is 24.7 Å². The molecule has 12 heteroatoms. The van der Waals surface area contributed by atoms with Crippen molar-refractivity contribution in [2.24, 2.45) is 0 Å². The molecule has 0 aliphatic heterocycles. The number of nitrogens with one attached hydrogen (secondary N) is 2. The van der Waals surface area contributed by atoms with Gasteiger partial charge in [-0.05, 0) is 39.5 Å². The van der Waals surface area contributed by atoms with E-state index in [1.165, 1.54) is 0 Å². The van der Waals surface area contributed by atoms with Gasteiger partial charge in [0.2, 0.25) is 0 Å². The van der Waals surface area contributed by atoms with Crippen molar-refractivity contribution in [1.82, 2.24) is 14.9 Å². The summed E-state index contributed by atoms with van der Waals surface area (Å²) in [6.45, 7) is 1.45. The molecular formula is C20H32FN3O8. The number of hydrogen-bond donors (Lipinski definition) is 4. The van der Waals surface area contributed by atoms with Gasteiger partial charge in [0.25, 0.3) is 11.4 Å². The highest BCUT2D eigenvalue weighted by Gasteiger charge is 2.50. The molecule has 11 nitrogen and oxygen atoms in total. The van der Waals surface area contributed by atoms with Crippen LogP contribution in [0.3, 0.4) is 0 Å². The summed E-state index contributed by atoms with van der Waals surface area (Å²) < 4.78 is 31.1. The molecule has 0 radical (unpaired) electrons. The molecule has 1 aromatic heterocycles. The lowest BCUT2D eigenvalue weighted by Gasteiger charge is -2.38. The third-order valence-corrected chi connectivity index (χ3v) is 5.56. The van der Waals surface area contributed by atoms with E-state index in [1.807, 2.05) is 4.98 Å². The molecule has 1 unspecified atom stereocenters. The fourth-order valence-electron chi connectivity index (χ4n) is 3.47. The number of carbonyl (C=O) groups excluding carboxylic acids is 1. The highest BCUT2D eigenvalue weighted by atomic mass is 19.2. The SMILES string of the molecule is CO[C@](F)(COCNC(C)C(=O)OC1CCCCC1)[C@@H](O)[C@@](C)(O)n1ccc(=O)[nH]c1=O.